The molecule has 104 valence electrons. The van der Waals surface area contributed by atoms with Crippen LogP contribution in [-0.2, 0) is 7.05 Å². The van der Waals surface area contributed by atoms with E-state index in [1.54, 1.807) is 42.5 Å². The highest BCUT2D eigenvalue weighted by atomic mass is 16.3. The van der Waals surface area contributed by atoms with Gasteiger partial charge in [0.05, 0.1) is 11.8 Å². The Morgan fingerprint density at radius 3 is 2.60 bits per heavy atom. The van der Waals surface area contributed by atoms with E-state index in [1.807, 2.05) is 14.1 Å². The zero-order valence-corrected chi connectivity index (χ0v) is 11.7. The smallest absolute Gasteiger partial charge is 0.250 e. The van der Waals surface area contributed by atoms with Crippen molar-refractivity contribution < 1.29 is 9.21 Å². The predicted octanol–water partition coefficient (Wildman–Crippen LogP) is 1.76. The summed E-state index contributed by atoms with van der Waals surface area (Å²) in [4.78, 5) is 25.7. The van der Waals surface area contributed by atoms with E-state index in [4.69, 9.17) is 4.42 Å². The minimum Gasteiger partial charge on any atom is -0.461 e. The minimum atomic E-state index is -0.220. The van der Waals surface area contributed by atoms with E-state index in [0.29, 0.717) is 11.1 Å². The van der Waals surface area contributed by atoms with Gasteiger partial charge in [-0.15, -0.1) is 0 Å². The Balaban J connectivity index is 2.51. The lowest BCUT2D eigenvalue weighted by Gasteiger charge is -2.11. The number of rotatable bonds is 4. The molecule has 2 aromatic rings. The maximum absolute atomic E-state index is 12.5. The van der Waals surface area contributed by atoms with Crippen molar-refractivity contribution in [3.05, 3.63) is 64.6 Å². The highest BCUT2D eigenvalue weighted by Gasteiger charge is 2.17. The lowest BCUT2D eigenvalue weighted by atomic mass is 10.0. The minimum absolute atomic E-state index is 0.122. The van der Waals surface area contributed by atoms with Crippen LogP contribution in [0.3, 0.4) is 0 Å². The number of ketones is 1. The van der Waals surface area contributed by atoms with E-state index in [9.17, 15) is 9.59 Å². The SMILES string of the molecule is CN(C)C=C(C(=O)c1ccco1)c1ccc(=O)n(C)c1. The van der Waals surface area contributed by atoms with Gasteiger partial charge in [0.2, 0.25) is 11.3 Å². The number of pyridine rings is 1. The molecule has 0 amide bonds. The van der Waals surface area contributed by atoms with E-state index >= 15 is 0 Å². The van der Waals surface area contributed by atoms with Gasteiger partial charge in [0.1, 0.15) is 0 Å². The van der Waals surface area contributed by atoms with E-state index in [2.05, 4.69) is 0 Å². The third kappa shape index (κ3) is 2.88. The molecule has 0 saturated carbocycles. The monoisotopic (exact) mass is 272 g/mol. The van der Waals surface area contributed by atoms with E-state index in [0.717, 1.165) is 0 Å². The quantitative estimate of drug-likeness (QED) is 0.628. The molecule has 2 rings (SSSR count). The number of hydrogen-bond acceptors (Lipinski definition) is 4. The first-order chi connectivity index (χ1) is 9.49. The van der Waals surface area contributed by atoms with Crippen LogP contribution in [0.15, 0.2) is 52.1 Å². The topological polar surface area (TPSA) is 55.5 Å². The number of allylic oxidation sites excluding steroid dienone is 1. The summed E-state index contributed by atoms with van der Waals surface area (Å²) in [5.41, 5.74) is 1.02. The zero-order valence-electron chi connectivity index (χ0n) is 11.7. The Morgan fingerprint density at radius 1 is 1.30 bits per heavy atom. The molecular weight excluding hydrogens is 256 g/mol. The molecule has 20 heavy (non-hydrogen) atoms. The molecule has 0 bridgehead atoms. The summed E-state index contributed by atoms with van der Waals surface area (Å²) in [5, 5.41) is 0. The molecule has 5 heteroatoms. The lowest BCUT2D eigenvalue weighted by molar-refractivity contribution is 0.103. The van der Waals surface area contributed by atoms with Crippen LogP contribution >= 0.6 is 0 Å². The van der Waals surface area contributed by atoms with Crippen LogP contribution in [0, 0.1) is 0 Å². The summed E-state index contributed by atoms with van der Waals surface area (Å²) in [6.07, 6.45) is 4.81. The molecule has 0 aliphatic carbocycles. The molecule has 0 aliphatic heterocycles. The Labute approximate surface area is 116 Å². The molecule has 0 aliphatic rings. The number of Topliss-reactive ketones (excluding diaryl/α,β-unsaturated/α-hetero) is 1. The van der Waals surface area contributed by atoms with Crippen molar-refractivity contribution in [1.29, 1.82) is 0 Å². The fraction of sp³-hybridized carbons (Fsp3) is 0.200. The van der Waals surface area contributed by atoms with Crippen LogP contribution in [0.1, 0.15) is 16.1 Å². The number of aryl methyl sites for hydroxylation is 1. The lowest BCUT2D eigenvalue weighted by Crippen LogP contribution is -2.16. The van der Waals surface area contributed by atoms with Gasteiger partial charge in [0, 0.05) is 45.2 Å². The highest BCUT2D eigenvalue weighted by molar-refractivity contribution is 6.27. The molecule has 0 radical (unpaired) electrons. The fourth-order valence-corrected chi connectivity index (χ4v) is 1.82. The third-order valence-corrected chi connectivity index (χ3v) is 2.77. The Bertz CT molecular complexity index is 694. The summed E-state index contributed by atoms with van der Waals surface area (Å²) in [7, 11) is 5.31. The molecule has 0 N–H and O–H groups in total. The molecule has 0 unspecified atom stereocenters. The Hall–Kier alpha value is -2.56. The predicted molar refractivity (Wildman–Crippen MR) is 76.4 cm³/mol. The van der Waals surface area contributed by atoms with Gasteiger partial charge >= 0.3 is 0 Å². The number of carbonyl (C=O) groups excluding carboxylic acids is 1. The number of hydrogen-bond donors (Lipinski definition) is 0. The largest absolute Gasteiger partial charge is 0.461 e. The second kappa shape index (κ2) is 5.61. The normalized spacial score (nSPS) is 11.4. The molecule has 2 heterocycles. The summed E-state index contributed by atoms with van der Waals surface area (Å²) >= 11 is 0. The van der Waals surface area contributed by atoms with Gasteiger partial charge in [-0.25, -0.2) is 0 Å². The van der Waals surface area contributed by atoms with Crippen LogP contribution in [0.5, 0.6) is 0 Å². The van der Waals surface area contributed by atoms with Gasteiger partial charge in [0.15, 0.2) is 5.76 Å². The zero-order chi connectivity index (χ0) is 14.7. The second-order valence-electron chi connectivity index (χ2n) is 4.68. The average Bonchev–Trinajstić information content (AvgIpc) is 2.92. The number of carbonyl (C=O) groups is 1. The van der Waals surface area contributed by atoms with Crippen molar-refractivity contribution in [3.8, 4) is 0 Å². The highest BCUT2D eigenvalue weighted by Crippen LogP contribution is 2.19. The van der Waals surface area contributed by atoms with Gasteiger partial charge in [-0.1, -0.05) is 0 Å². The Morgan fingerprint density at radius 2 is 2.05 bits per heavy atom. The van der Waals surface area contributed by atoms with Crippen LogP contribution in [-0.4, -0.2) is 29.3 Å². The molecule has 0 atom stereocenters. The summed E-state index contributed by atoms with van der Waals surface area (Å²) in [6.45, 7) is 0. The summed E-state index contributed by atoms with van der Waals surface area (Å²) < 4.78 is 6.59. The molecule has 0 fully saturated rings. The van der Waals surface area contributed by atoms with Crippen LogP contribution < -0.4 is 5.56 Å². The first-order valence-electron chi connectivity index (χ1n) is 6.12. The van der Waals surface area contributed by atoms with Crippen molar-refractivity contribution in [1.82, 2.24) is 9.47 Å². The van der Waals surface area contributed by atoms with Crippen molar-refractivity contribution >= 4 is 11.4 Å². The van der Waals surface area contributed by atoms with Crippen LogP contribution in [0.25, 0.3) is 5.57 Å². The van der Waals surface area contributed by atoms with Crippen molar-refractivity contribution in [2.75, 3.05) is 14.1 Å². The molecule has 5 nitrogen and oxygen atoms in total. The first kappa shape index (κ1) is 13.9. The number of furan rings is 1. The molecule has 0 saturated heterocycles. The van der Waals surface area contributed by atoms with Gasteiger partial charge < -0.3 is 13.9 Å². The van der Waals surface area contributed by atoms with Gasteiger partial charge in [-0.3, -0.25) is 9.59 Å². The molecular formula is C15H16N2O3. The first-order valence-corrected chi connectivity index (χ1v) is 6.12. The summed E-state index contributed by atoms with van der Waals surface area (Å²) in [6, 6.07) is 6.36. The standard InChI is InChI=1S/C15H16N2O3/c1-16(2)10-12(15(19)13-5-4-8-20-13)11-6-7-14(18)17(3)9-11/h4-10H,1-3H3. The van der Waals surface area contributed by atoms with E-state index < -0.39 is 0 Å². The third-order valence-electron chi connectivity index (χ3n) is 2.77. The molecule has 0 aromatic carbocycles. The number of aromatic nitrogens is 1. The summed E-state index contributed by atoms with van der Waals surface area (Å²) in [5.74, 6) is 0.0503. The molecule has 0 spiro atoms. The average molecular weight is 272 g/mol. The maximum Gasteiger partial charge on any atom is 0.250 e. The van der Waals surface area contributed by atoms with Gasteiger partial charge in [-0.05, 0) is 18.2 Å². The van der Waals surface area contributed by atoms with Crippen molar-refractivity contribution in [2.24, 2.45) is 7.05 Å². The van der Waals surface area contributed by atoms with Crippen molar-refractivity contribution in [3.63, 3.8) is 0 Å². The Kier molecular flexibility index (Phi) is 3.89. The molecule has 2 aromatic heterocycles. The van der Waals surface area contributed by atoms with Crippen LogP contribution in [0.2, 0.25) is 0 Å². The second-order valence-corrected chi connectivity index (χ2v) is 4.68. The number of nitrogens with zero attached hydrogens (tertiary/aromatic N) is 2. The van der Waals surface area contributed by atoms with Crippen LogP contribution in [0.4, 0.5) is 0 Å². The maximum atomic E-state index is 12.5. The van der Waals surface area contributed by atoms with E-state index in [1.165, 1.54) is 16.9 Å². The van der Waals surface area contributed by atoms with Gasteiger partial charge in [-0.2, -0.15) is 0 Å². The van der Waals surface area contributed by atoms with Gasteiger partial charge in [0.25, 0.3) is 0 Å². The fourth-order valence-electron chi connectivity index (χ4n) is 1.82. The van der Waals surface area contributed by atoms with Crippen molar-refractivity contribution in [2.45, 2.75) is 0 Å². The van der Waals surface area contributed by atoms with E-state index in [-0.39, 0.29) is 17.1 Å².